The van der Waals surface area contributed by atoms with Gasteiger partial charge in [-0.05, 0) is 13.0 Å². The quantitative estimate of drug-likeness (QED) is 0.565. The van der Waals surface area contributed by atoms with E-state index in [9.17, 15) is 4.79 Å². The molecule has 0 aliphatic heterocycles. The first-order chi connectivity index (χ1) is 6.06. The number of carbonyl (C=O) groups excluding carboxylic acids is 1. The van der Waals surface area contributed by atoms with Crippen molar-refractivity contribution in [3.05, 3.63) is 0 Å². The first-order valence-electron chi connectivity index (χ1n) is 4.35. The Kier molecular flexibility index (Phi) is 6.44. The predicted octanol–water partition coefficient (Wildman–Crippen LogP) is -0.140. The number of rotatable bonds is 7. The van der Waals surface area contributed by atoms with Gasteiger partial charge in [-0.2, -0.15) is 0 Å². The Bertz CT molecular complexity index is 168. The van der Waals surface area contributed by atoms with Gasteiger partial charge < -0.3 is 11.5 Å². The van der Waals surface area contributed by atoms with Gasteiger partial charge in [0.1, 0.15) is 0 Å². The summed E-state index contributed by atoms with van der Waals surface area (Å²) in [6.45, 7) is 3.61. The Labute approximate surface area is 84.3 Å². The fourth-order valence-corrected chi connectivity index (χ4v) is 1.22. The van der Waals surface area contributed by atoms with Crippen LogP contribution in [0.1, 0.15) is 19.8 Å². The van der Waals surface area contributed by atoms with Gasteiger partial charge in [-0.15, -0.1) is 0 Å². The second kappa shape index (κ2) is 6.80. The van der Waals surface area contributed by atoms with Crippen molar-refractivity contribution in [3.63, 3.8) is 0 Å². The Morgan fingerprint density at radius 3 is 2.38 bits per heavy atom. The minimum atomic E-state index is -0.340. The smallest absolute Gasteiger partial charge is 0.231 e. The zero-order valence-corrected chi connectivity index (χ0v) is 8.77. The van der Waals surface area contributed by atoms with Crippen molar-refractivity contribution in [3.8, 4) is 0 Å². The average molecular weight is 203 g/mol. The zero-order valence-electron chi connectivity index (χ0n) is 7.95. The molecule has 0 saturated carbocycles. The Balaban J connectivity index is 3.87. The molecule has 0 fully saturated rings. The highest BCUT2D eigenvalue weighted by Gasteiger charge is 2.07. The third-order valence-electron chi connectivity index (χ3n) is 1.59. The third kappa shape index (κ3) is 7.67. The maximum atomic E-state index is 10.7. The summed E-state index contributed by atoms with van der Waals surface area (Å²) in [6, 6.07) is 0. The number of primary amides is 1. The van der Waals surface area contributed by atoms with Crippen molar-refractivity contribution in [1.29, 1.82) is 0 Å². The first-order valence-corrected chi connectivity index (χ1v) is 4.76. The minimum absolute atomic E-state index is 0.233. The van der Waals surface area contributed by atoms with Gasteiger partial charge >= 0.3 is 0 Å². The summed E-state index contributed by atoms with van der Waals surface area (Å²) in [5, 5.41) is 0. The van der Waals surface area contributed by atoms with Crippen molar-refractivity contribution >= 4 is 23.1 Å². The van der Waals surface area contributed by atoms with E-state index < -0.39 is 0 Å². The van der Waals surface area contributed by atoms with E-state index in [4.69, 9.17) is 23.7 Å². The Morgan fingerprint density at radius 1 is 1.38 bits per heavy atom. The highest BCUT2D eigenvalue weighted by atomic mass is 32.1. The number of nitrogens with two attached hydrogens (primary N) is 2. The number of carbonyl (C=O) groups is 1. The SMILES string of the molecule is CCCCN(CC(N)=O)CC(N)=S. The number of thiocarbonyl (C=S) groups is 1. The van der Waals surface area contributed by atoms with E-state index in [-0.39, 0.29) is 12.5 Å². The van der Waals surface area contributed by atoms with E-state index in [1.54, 1.807) is 0 Å². The summed E-state index contributed by atoms with van der Waals surface area (Å²) in [5.41, 5.74) is 10.5. The van der Waals surface area contributed by atoms with Crippen LogP contribution in [0.2, 0.25) is 0 Å². The van der Waals surface area contributed by atoms with Gasteiger partial charge in [-0.25, -0.2) is 0 Å². The van der Waals surface area contributed by atoms with Crippen LogP contribution < -0.4 is 11.5 Å². The van der Waals surface area contributed by atoms with Crippen molar-refractivity contribution in [2.45, 2.75) is 19.8 Å². The number of hydrogen-bond acceptors (Lipinski definition) is 3. The standard InChI is InChI=1S/C8H17N3OS/c1-2-3-4-11(5-7(9)12)6-8(10)13/h2-6H2,1H3,(H2,9,12)(H2,10,13). The normalized spacial score (nSPS) is 10.3. The summed E-state index contributed by atoms with van der Waals surface area (Å²) in [4.78, 5) is 12.9. The fraction of sp³-hybridized carbons (Fsp3) is 0.750. The second-order valence-electron chi connectivity index (χ2n) is 3.00. The third-order valence-corrected chi connectivity index (χ3v) is 1.72. The predicted molar refractivity (Wildman–Crippen MR) is 57.3 cm³/mol. The lowest BCUT2D eigenvalue weighted by atomic mass is 10.3. The van der Waals surface area contributed by atoms with Crippen LogP contribution in [0, 0.1) is 0 Å². The Hall–Kier alpha value is -0.680. The molecular weight excluding hydrogens is 186 g/mol. The molecule has 13 heavy (non-hydrogen) atoms. The van der Waals surface area contributed by atoms with Crippen LogP contribution in [-0.4, -0.2) is 35.4 Å². The van der Waals surface area contributed by atoms with E-state index >= 15 is 0 Å². The lowest BCUT2D eigenvalue weighted by Gasteiger charge is -2.19. The van der Waals surface area contributed by atoms with Crippen molar-refractivity contribution in [2.24, 2.45) is 11.5 Å². The molecule has 0 spiro atoms. The van der Waals surface area contributed by atoms with E-state index in [1.807, 2.05) is 4.90 Å². The summed E-state index contributed by atoms with van der Waals surface area (Å²) < 4.78 is 0. The van der Waals surface area contributed by atoms with Gasteiger partial charge in [0.15, 0.2) is 0 Å². The first kappa shape index (κ1) is 12.3. The van der Waals surface area contributed by atoms with E-state index in [0.29, 0.717) is 11.5 Å². The van der Waals surface area contributed by atoms with Crippen molar-refractivity contribution in [1.82, 2.24) is 4.90 Å². The van der Waals surface area contributed by atoms with Gasteiger partial charge in [-0.1, -0.05) is 25.6 Å². The molecule has 0 rings (SSSR count). The summed E-state index contributed by atoms with van der Waals surface area (Å²) in [6.07, 6.45) is 2.10. The fourth-order valence-electron chi connectivity index (χ4n) is 1.04. The monoisotopic (exact) mass is 203 g/mol. The molecule has 0 aromatic carbocycles. The van der Waals surface area contributed by atoms with Crippen molar-refractivity contribution in [2.75, 3.05) is 19.6 Å². The highest BCUT2D eigenvalue weighted by molar-refractivity contribution is 7.80. The molecule has 5 heteroatoms. The Morgan fingerprint density at radius 2 is 2.00 bits per heavy atom. The summed E-state index contributed by atoms with van der Waals surface area (Å²) in [5.74, 6) is -0.340. The van der Waals surface area contributed by atoms with E-state index in [1.165, 1.54) is 0 Å². The highest BCUT2D eigenvalue weighted by Crippen LogP contribution is 1.94. The topological polar surface area (TPSA) is 72.3 Å². The van der Waals surface area contributed by atoms with Gasteiger partial charge in [-0.3, -0.25) is 9.69 Å². The molecule has 4 nitrogen and oxygen atoms in total. The van der Waals surface area contributed by atoms with Crippen LogP contribution in [0.4, 0.5) is 0 Å². The van der Waals surface area contributed by atoms with Crippen LogP contribution in [0.15, 0.2) is 0 Å². The molecule has 0 unspecified atom stereocenters. The number of nitrogens with zero attached hydrogens (tertiary/aromatic N) is 1. The largest absolute Gasteiger partial charge is 0.392 e. The van der Waals surface area contributed by atoms with Crippen LogP contribution >= 0.6 is 12.2 Å². The maximum absolute atomic E-state index is 10.7. The lowest BCUT2D eigenvalue weighted by molar-refractivity contribution is -0.119. The molecule has 0 aromatic heterocycles. The van der Waals surface area contributed by atoms with Crippen molar-refractivity contribution < 1.29 is 4.79 Å². The average Bonchev–Trinajstić information content (AvgIpc) is 1.98. The van der Waals surface area contributed by atoms with Gasteiger partial charge in [0.25, 0.3) is 0 Å². The zero-order chi connectivity index (χ0) is 10.3. The molecule has 1 amide bonds. The van der Waals surface area contributed by atoms with Crippen LogP contribution in [-0.2, 0) is 4.79 Å². The van der Waals surface area contributed by atoms with Crippen LogP contribution in [0.5, 0.6) is 0 Å². The lowest BCUT2D eigenvalue weighted by Crippen LogP contribution is -2.39. The van der Waals surface area contributed by atoms with Crippen LogP contribution in [0.25, 0.3) is 0 Å². The minimum Gasteiger partial charge on any atom is -0.392 e. The van der Waals surface area contributed by atoms with E-state index in [2.05, 4.69) is 6.92 Å². The number of amides is 1. The molecule has 0 aromatic rings. The molecule has 0 saturated heterocycles. The number of unbranched alkanes of at least 4 members (excludes halogenated alkanes) is 1. The molecule has 0 aliphatic carbocycles. The second-order valence-corrected chi connectivity index (χ2v) is 3.52. The molecule has 0 bridgehead atoms. The molecule has 0 heterocycles. The summed E-state index contributed by atoms with van der Waals surface area (Å²) >= 11 is 4.76. The molecule has 0 radical (unpaired) electrons. The van der Waals surface area contributed by atoms with Gasteiger partial charge in [0.2, 0.25) is 5.91 Å². The van der Waals surface area contributed by atoms with E-state index in [0.717, 1.165) is 19.4 Å². The molecule has 4 N–H and O–H groups in total. The van der Waals surface area contributed by atoms with Gasteiger partial charge in [0, 0.05) is 6.54 Å². The maximum Gasteiger partial charge on any atom is 0.231 e. The number of hydrogen-bond donors (Lipinski definition) is 2. The molecular formula is C8H17N3OS. The van der Waals surface area contributed by atoms with Gasteiger partial charge in [0.05, 0.1) is 11.5 Å². The molecule has 0 aliphatic rings. The summed E-state index contributed by atoms with van der Waals surface area (Å²) in [7, 11) is 0. The molecule has 0 atom stereocenters. The van der Waals surface area contributed by atoms with Crippen LogP contribution in [0.3, 0.4) is 0 Å². The molecule has 76 valence electrons.